The number of hydrogen-bond acceptors (Lipinski definition) is 2. The van der Waals surface area contributed by atoms with Gasteiger partial charge in [-0.1, -0.05) is 52.5 Å². The van der Waals surface area contributed by atoms with Gasteiger partial charge in [0.1, 0.15) is 5.75 Å². The molecule has 0 saturated heterocycles. The molecule has 1 N–H and O–H groups in total. The maximum atomic E-state index is 11.0. The molecule has 3 heteroatoms. The Bertz CT molecular complexity index is 480. The second-order valence-electron chi connectivity index (χ2n) is 6.21. The van der Waals surface area contributed by atoms with Crippen molar-refractivity contribution in [3.63, 3.8) is 0 Å². The van der Waals surface area contributed by atoms with Crippen LogP contribution in [0.3, 0.4) is 0 Å². The molecular weight excluding hydrogens is 288 g/mol. The van der Waals surface area contributed by atoms with E-state index in [0.29, 0.717) is 5.75 Å². The molecular formula is C20H32O3. The van der Waals surface area contributed by atoms with Crippen molar-refractivity contribution in [1.29, 1.82) is 0 Å². The van der Waals surface area contributed by atoms with Gasteiger partial charge >= 0.3 is 6.16 Å². The summed E-state index contributed by atoms with van der Waals surface area (Å²) in [6.45, 7) is 6.57. The Balaban J connectivity index is 3.15. The van der Waals surface area contributed by atoms with E-state index in [1.165, 1.54) is 30.4 Å². The molecule has 0 aromatic heterocycles. The summed E-state index contributed by atoms with van der Waals surface area (Å²) in [5, 5.41) is 9.00. The first-order chi connectivity index (χ1) is 11.1. The number of rotatable bonds is 11. The summed E-state index contributed by atoms with van der Waals surface area (Å²) in [5.74, 6) is 0.538. The number of hydrogen-bond donors (Lipinski definition) is 1. The van der Waals surface area contributed by atoms with Gasteiger partial charge in [0.2, 0.25) is 0 Å². The van der Waals surface area contributed by atoms with Crippen molar-refractivity contribution < 1.29 is 14.6 Å². The van der Waals surface area contributed by atoms with E-state index in [0.717, 1.165) is 50.5 Å². The molecule has 0 saturated carbocycles. The predicted molar refractivity (Wildman–Crippen MR) is 95.5 cm³/mol. The lowest BCUT2D eigenvalue weighted by Crippen LogP contribution is -2.09. The van der Waals surface area contributed by atoms with Crippen LogP contribution >= 0.6 is 0 Å². The average molecular weight is 320 g/mol. The Hall–Kier alpha value is -1.51. The minimum Gasteiger partial charge on any atom is -0.449 e. The first kappa shape index (κ1) is 19.5. The van der Waals surface area contributed by atoms with E-state index in [1.807, 2.05) is 6.07 Å². The fraction of sp³-hybridized carbons (Fsp3) is 0.650. The van der Waals surface area contributed by atoms with Gasteiger partial charge in [-0.05, 0) is 61.3 Å². The summed E-state index contributed by atoms with van der Waals surface area (Å²) >= 11 is 0. The second-order valence-corrected chi connectivity index (χ2v) is 6.21. The van der Waals surface area contributed by atoms with E-state index >= 15 is 0 Å². The van der Waals surface area contributed by atoms with Gasteiger partial charge in [0.25, 0.3) is 0 Å². The molecule has 0 atom stereocenters. The fourth-order valence-electron chi connectivity index (χ4n) is 3.00. The van der Waals surface area contributed by atoms with Gasteiger partial charge in [0, 0.05) is 0 Å². The Labute approximate surface area is 141 Å². The quantitative estimate of drug-likeness (QED) is 0.301. The Morgan fingerprint density at radius 1 is 0.870 bits per heavy atom. The molecule has 3 nitrogen and oxygen atoms in total. The number of benzene rings is 1. The van der Waals surface area contributed by atoms with Gasteiger partial charge in [-0.15, -0.1) is 0 Å². The monoisotopic (exact) mass is 320 g/mol. The van der Waals surface area contributed by atoms with E-state index in [4.69, 9.17) is 9.84 Å². The van der Waals surface area contributed by atoms with Crippen LogP contribution in [0.4, 0.5) is 4.79 Å². The third kappa shape index (κ3) is 6.64. The van der Waals surface area contributed by atoms with Gasteiger partial charge in [0.05, 0.1) is 0 Å². The summed E-state index contributed by atoms with van der Waals surface area (Å²) < 4.78 is 5.06. The molecule has 0 aliphatic rings. The van der Waals surface area contributed by atoms with Crippen LogP contribution in [-0.2, 0) is 19.3 Å². The highest BCUT2D eigenvalue weighted by Crippen LogP contribution is 2.30. The smallest absolute Gasteiger partial charge is 0.449 e. The maximum Gasteiger partial charge on any atom is 0.511 e. The van der Waals surface area contributed by atoms with Crippen LogP contribution in [0.2, 0.25) is 0 Å². The average Bonchev–Trinajstić information content (AvgIpc) is 2.52. The summed E-state index contributed by atoms with van der Waals surface area (Å²) in [7, 11) is 0. The topological polar surface area (TPSA) is 46.5 Å². The molecule has 0 radical (unpaired) electrons. The van der Waals surface area contributed by atoms with E-state index in [1.54, 1.807) is 0 Å². The molecule has 23 heavy (non-hydrogen) atoms. The second kappa shape index (κ2) is 11.1. The van der Waals surface area contributed by atoms with Crippen molar-refractivity contribution in [1.82, 2.24) is 0 Å². The van der Waals surface area contributed by atoms with Gasteiger partial charge < -0.3 is 9.84 Å². The summed E-state index contributed by atoms with van der Waals surface area (Å²) in [4.78, 5) is 11.0. The molecule has 0 aliphatic carbocycles. The minimum atomic E-state index is -1.22. The molecule has 0 amide bonds. The van der Waals surface area contributed by atoms with Gasteiger partial charge in [0.15, 0.2) is 0 Å². The Morgan fingerprint density at radius 3 is 2.04 bits per heavy atom. The number of aryl methyl sites for hydroxylation is 1. The zero-order valence-electron chi connectivity index (χ0n) is 15.0. The number of ether oxygens (including phenoxy) is 1. The van der Waals surface area contributed by atoms with Gasteiger partial charge in [-0.25, -0.2) is 4.79 Å². The standard InChI is InChI=1S/C20H32O3/c1-4-7-10-11-16-14-15-19(23-20(21)22)18(13-9-6-3)17(16)12-8-5-2/h14-15H,4-13H2,1-3H3,(H,21,22). The van der Waals surface area contributed by atoms with E-state index in [-0.39, 0.29) is 0 Å². The van der Waals surface area contributed by atoms with Gasteiger partial charge in [-0.3, -0.25) is 0 Å². The Kier molecular flexibility index (Phi) is 9.42. The molecule has 0 aliphatic heterocycles. The molecule has 1 aromatic rings. The van der Waals surface area contributed by atoms with Crippen molar-refractivity contribution in [2.24, 2.45) is 0 Å². The molecule has 0 spiro atoms. The van der Waals surface area contributed by atoms with Crippen LogP contribution in [0.5, 0.6) is 5.75 Å². The molecule has 0 bridgehead atoms. The van der Waals surface area contributed by atoms with Crippen molar-refractivity contribution >= 4 is 6.16 Å². The lowest BCUT2D eigenvalue weighted by molar-refractivity contribution is 0.144. The Morgan fingerprint density at radius 2 is 1.48 bits per heavy atom. The molecule has 130 valence electrons. The van der Waals surface area contributed by atoms with Crippen molar-refractivity contribution in [3.05, 3.63) is 28.8 Å². The van der Waals surface area contributed by atoms with Crippen molar-refractivity contribution in [2.45, 2.75) is 85.0 Å². The zero-order valence-corrected chi connectivity index (χ0v) is 15.0. The third-order valence-corrected chi connectivity index (χ3v) is 4.29. The summed E-state index contributed by atoms with van der Waals surface area (Å²) in [6, 6.07) is 3.93. The summed E-state index contributed by atoms with van der Waals surface area (Å²) in [5.41, 5.74) is 3.85. The van der Waals surface area contributed by atoms with Crippen molar-refractivity contribution in [3.8, 4) is 5.75 Å². The highest BCUT2D eigenvalue weighted by atomic mass is 16.7. The summed E-state index contributed by atoms with van der Waals surface area (Å²) in [6.07, 6.45) is 9.88. The zero-order chi connectivity index (χ0) is 17.1. The predicted octanol–water partition coefficient (Wildman–Crippen LogP) is 6.16. The number of carboxylic acid groups (broad SMARTS) is 1. The minimum absolute atomic E-state index is 0.538. The van der Waals surface area contributed by atoms with Crippen LogP contribution in [0.25, 0.3) is 0 Å². The normalized spacial score (nSPS) is 10.7. The number of carbonyl (C=O) groups is 1. The maximum absolute atomic E-state index is 11.0. The van der Waals surface area contributed by atoms with Crippen LogP contribution < -0.4 is 4.74 Å². The molecule has 0 unspecified atom stereocenters. The highest BCUT2D eigenvalue weighted by Gasteiger charge is 2.16. The lowest BCUT2D eigenvalue weighted by atomic mass is 9.90. The largest absolute Gasteiger partial charge is 0.511 e. The van der Waals surface area contributed by atoms with E-state index < -0.39 is 6.16 Å². The number of unbranched alkanes of at least 4 members (excludes halogenated alkanes) is 4. The first-order valence-corrected chi connectivity index (χ1v) is 9.18. The van der Waals surface area contributed by atoms with Gasteiger partial charge in [-0.2, -0.15) is 0 Å². The van der Waals surface area contributed by atoms with E-state index in [9.17, 15) is 4.79 Å². The van der Waals surface area contributed by atoms with Crippen LogP contribution in [0, 0.1) is 0 Å². The lowest BCUT2D eigenvalue weighted by Gasteiger charge is -2.18. The van der Waals surface area contributed by atoms with Crippen molar-refractivity contribution in [2.75, 3.05) is 0 Å². The van der Waals surface area contributed by atoms with Crippen LogP contribution in [-0.4, -0.2) is 11.3 Å². The third-order valence-electron chi connectivity index (χ3n) is 4.29. The van der Waals surface area contributed by atoms with Crippen LogP contribution in [0.1, 0.15) is 82.4 Å². The van der Waals surface area contributed by atoms with Crippen LogP contribution in [0.15, 0.2) is 12.1 Å². The first-order valence-electron chi connectivity index (χ1n) is 9.18. The fourth-order valence-corrected chi connectivity index (χ4v) is 3.00. The molecule has 1 aromatic carbocycles. The molecule has 1 rings (SSSR count). The van der Waals surface area contributed by atoms with E-state index in [2.05, 4.69) is 26.8 Å². The SMILES string of the molecule is CCCCCc1ccc(OC(=O)O)c(CCCC)c1CCCC. The molecule has 0 fully saturated rings. The molecule has 0 heterocycles. The highest BCUT2D eigenvalue weighted by molar-refractivity contribution is 5.63.